The summed E-state index contributed by atoms with van der Waals surface area (Å²) in [5.74, 6) is 1.01. The van der Waals surface area contributed by atoms with Gasteiger partial charge < -0.3 is 10.6 Å². The van der Waals surface area contributed by atoms with Crippen molar-refractivity contribution in [3.63, 3.8) is 0 Å². The number of benzene rings is 2. The average Bonchev–Trinajstić information content (AvgIpc) is 3.22. The number of aryl methyl sites for hydroxylation is 2. The van der Waals surface area contributed by atoms with Crippen LogP contribution in [0.4, 0.5) is 11.6 Å². The minimum absolute atomic E-state index is 0.210. The Morgan fingerprint density at radius 1 is 1.00 bits per heavy atom. The number of pyridine rings is 1. The van der Waals surface area contributed by atoms with Crippen LogP contribution in [0.2, 0.25) is 0 Å². The lowest BCUT2D eigenvalue weighted by molar-refractivity contribution is -0.113. The Bertz CT molecular complexity index is 1370. The quantitative estimate of drug-likeness (QED) is 0.476. The molecule has 0 saturated carbocycles. The Labute approximate surface area is 192 Å². The van der Waals surface area contributed by atoms with Crippen LogP contribution in [0.1, 0.15) is 29.7 Å². The van der Waals surface area contributed by atoms with E-state index in [1.165, 1.54) is 0 Å². The maximum Gasteiger partial charge on any atom is 0.255 e. The standard InChI is InChI=1S/C26H24N6O/c1-16-7-4-9-19(13-16)23-22(25(33)29-21-11-6-12-27-15-21)18(3)28-26-30-24(31-32(23)26)20-10-5-8-17(2)14-20/h4-15,23H,1-3H3,(H,29,33)(H,28,30,31). The molecule has 7 nitrogen and oxygen atoms in total. The third-order valence-corrected chi connectivity index (χ3v) is 5.65. The fraction of sp³-hybridized carbons (Fsp3) is 0.154. The molecule has 33 heavy (non-hydrogen) atoms. The number of hydrogen-bond acceptors (Lipinski definition) is 5. The lowest BCUT2D eigenvalue weighted by atomic mass is 9.94. The second-order valence-corrected chi connectivity index (χ2v) is 8.25. The molecule has 0 saturated heterocycles. The number of carbonyl (C=O) groups is 1. The summed E-state index contributed by atoms with van der Waals surface area (Å²) in [5.41, 5.74) is 6.09. The number of nitrogens with one attached hydrogen (secondary N) is 2. The summed E-state index contributed by atoms with van der Waals surface area (Å²) < 4.78 is 1.80. The molecular weight excluding hydrogens is 412 g/mol. The van der Waals surface area contributed by atoms with Crippen molar-refractivity contribution in [2.24, 2.45) is 0 Å². The molecule has 2 N–H and O–H groups in total. The Balaban J connectivity index is 1.62. The molecule has 1 aliphatic heterocycles. The van der Waals surface area contributed by atoms with Gasteiger partial charge in [0, 0.05) is 17.5 Å². The summed E-state index contributed by atoms with van der Waals surface area (Å²) >= 11 is 0. The van der Waals surface area contributed by atoms with Crippen molar-refractivity contribution < 1.29 is 4.79 Å². The highest BCUT2D eigenvalue weighted by Crippen LogP contribution is 2.37. The predicted molar refractivity (Wildman–Crippen MR) is 129 cm³/mol. The fourth-order valence-electron chi connectivity index (χ4n) is 4.14. The Kier molecular flexibility index (Phi) is 5.22. The van der Waals surface area contributed by atoms with E-state index in [1.807, 2.05) is 63.2 Å². The maximum absolute atomic E-state index is 13.5. The van der Waals surface area contributed by atoms with E-state index < -0.39 is 6.04 Å². The van der Waals surface area contributed by atoms with E-state index in [-0.39, 0.29) is 5.91 Å². The van der Waals surface area contributed by atoms with Crippen LogP contribution in [0, 0.1) is 13.8 Å². The largest absolute Gasteiger partial charge is 0.328 e. The summed E-state index contributed by atoms with van der Waals surface area (Å²) in [6.45, 7) is 5.97. The van der Waals surface area contributed by atoms with Gasteiger partial charge in [-0.25, -0.2) is 4.68 Å². The Hall–Kier alpha value is -4.26. The zero-order valence-electron chi connectivity index (χ0n) is 18.7. The molecule has 3 heterocycles. The minimum atomic E-state index is -0.427. The van der Waals surface area contributed by atoms with E-state index in [0.717, 1.165) is 28.0 Å². The number of fused-ring (bicyclic) bond motifs is 1. The van der Waals surface area contributed by atoms with E-state index in [2.05, 4.69) is 27.8 Å². The lowest BCUT2D eigenvalue weighted by Gasteiger charge is -2.28. The highest BCUT2D eigenvalue weighted by atomic mass is 16.1. The van der Waals surface area contributed by atoms with Crippen LogP contribution < -0.4 is 10.6 Å². The summed E-state index contributed by atoms with van der Waals surface area (Å²) in [6.07, 6.45) is 3.30. The molecule has 5 rings (SSSR count). The van der Waals surface area contributed by atoms with Crippen LogP contribution in [0.15, 0.2) is 84.3 Å². The first kappa shape index (κ1) is 20.6. The monoisotopic (exact) mass is 436 g/mol. The first-order valence-electron chi connectivity index (χ1n) is 10.8. The van der Waals surface area contributed by atoms with E-state index in [0.29, 0.717) is 23.0 Å². The molecular formula is C26H24N6O. The zero-order chi connectivity index (χ0) is 22.9. The topological polar surface area (TPSA) is 84.7 Å². The van der Waals surface area contributed by atoms with Crippen molar-refractivity contribution in [2.75, 3.05) is 10.6 Å². The van der Waals surface area contributed by atoms with Crippen molar-refractivity contribution in [1.82, 2.24) is 19.7 Å². The van der Waals surface area contributed by atoms with Gasteiger partial charge in [0.15, 0.2) is 5.82 Å². The van der Waals surface area contributed by atoms with Crippen LogP contribution >= 0.6 is 0 Å². The molecule has 0 bridgehead atoms. The number of nitrogens with zero attached hydrogens (tertiary/aromatic N) is 4. The van der Waals surface area contributed by atoms with Crippen molar-refractivity contribution in [3.8, 4) is 11.4 Å². The summed E-state index contributed by atoms with van der Waals surface area (Å²) in [4.78, 5) is 22.3. The van der Waals surface area contributed by atoms with Gasteiger partial charge in [-0.1, -0.05) is 53.6 Å². The normalized spacial score (nSPS) is 15.1. The number of hydrogen-bond donors (Lipinski definition) is 2. The van der Waals surface area contributed by atoms with E-state index >= 15 is 0 Å². The predicted octanol–water partition coefficient (Wildman–Crippen LogP) is 4.88. The Morgan fingerprint density at radius 2 is 1.79 bits per heavy atom. The molecule has 1 unspecified atom stereocenters. The third-order valence-electron chi connectivity index (χ3n) is 5.65. The third kappa shape index (κ3) is 4.01. The van der Waals surface area contributed by atoms with Crippen LogP contribution in [0.3, 0.4) is 0 Å². The highest BCUT2D eigenvalue weighted by molar-refractivity contribution is 6.05. The SMILES string of the molecule is CC1=C(C(=O)Nc2cccnc2)C(c2cccc(C)c2)n2nc(-c3cccc(C)c3)nc2N1. The van der Waals surface area contributed by atoms with Crippen LogP contribution in [0.5, 0.6) is 0 Å². The van der Waals surface area contributed by atoms with Crippen LogP contribution in [0.25, 0.3) is 11.4 Å². The molecule has 164 valence electrons. The molecule has 0 aliphatic carbocycles. The highest BCUT2D eigenvalue weighted by Gasteiger charge is 2.34. The van der Waals surface area contributed by atoms with Gasteiger partial charge in [-0.3, -0.25) is 9.78 Å². The molecule has 0 fully saturated rings. The number of carbonyl (C=O) groups excluding carboxylic acids is 1. The molecule has 4 aromatic rings. The molecule has 7 heteroatoms. The van der Waals surface area contributed by atoms with Crippen molar-refractivity contribution in [1.29, 1.82) is 0 Å². The average molecular weight is 437 g/mol. The van der Waals surface area contributed by atoms with Gasteiger partial charge in [0.1, 0.15) is 6.04 Å². The summed E-state index contributed by atoms with van der Waals surface area (Å²) in [7, 11) is 0. The number of aromatic nitrogens is 4. The second-order valence-electron chi connectivity index (χ2n) is 8.25. The van der Waals surface area contributed by atoms with Crippen LogP contribution in [-0.2, 0) is 4.79 Å². The molecule has 2 aromatic carbocycles. The van der Waals surface area contributed by atoms with E-state index in [1.54, 1.807) is 23.1 Å². The molecule has 1 atom stereocenters. The zero-order valence-corrected chi connectivity index (χ0v) is 18.7. The molecule has 1 amide bonds. The van der Waals surface area contributed by atoms with Gasteiger partial charge in [0.05, 0.1) is 17.5 Å². The minimum Gasteiger partial charge on any atom is -0.328 e. The van der Waals surface area contributed by atoms with Gasteiger partial charge in [0.2, 0.25) is 5.95 Å². The number of amides is 1. The molecule has 2 aromatic heterocycles. The first-order valence-corrected chi connectivity index (χ1v) is 10.8. The second kappa shape index (κ2) is 8.35. The van der Waals surface area contributed by atoms with Crippen molar-refractivity contribution >= 4 is 17.5 Å². The van der Waals surface area contributed by atoms with Gasteiger partial charge in [-0.15, -0.1) is 5.10 Å². The van der Waals surface area contributed by atoms with Gasteiger partial charge >= 0.3 is 0 Å². The lowest BCUT2D eigenvalue weighted by Crippen LogP contribution is -2.31. The number of anilines is 2. The summed E-state index contributed by atoms with van der Waals surface area (Å²) in [5, 5.41) is 11.1. The molecule has 0 radical (unpaired) electrons. The van der Waals surface area contributed by atoms with Crippen molar-refractivity contribution in [3.05, 3.63) is 101 Å². The van der Waals surface area contributed by atoms with Gasteiger partial charge in [-0.05, 0) is 44.5 Å². The smallest absolute Gasteiger partial charge is 0.255 e. The van der Waals surface area contributed by atoms with Crippen molar-refractivity contribution in [2.45, 2.75) is 26.8 Å². The van der Waals surface area contributed by atoms with E-state index in [9.17, 15) is 4.79 Å². The van der Waals surface area contributed by atoms with E-state index in [4.69, 9.17) is 10.1 Å². The van der Waals surface area contributed by atoms with Crippen LogP contribution in [-0.4, -0.2) is 25.7 Å². The Morgan fingerprint density at radius 3 is 2.52 bits per heavy atom. The first-order chi connectivity index (χ1) is 16.0. The number of allylic oxidation sites excluding steroid dienone is 1. The summed E-state index contributed by atoms with van der Waals surface area (Å²) in [6, 6.07) is 19.4. The number of rotatable bonds is 4. The molecule has 1 aliphatic rings. The maximum atomic E-state index is 13.5. The fourth-order valence-corrected chi connectivity index (χ4v) is 4.14. The molecule has 0 spiro atoms. The van der Waals surface area contributed by atoms with Gasteiger partial charge in [-0.2, -0.15) is 4.98 Å². The van der Waals surface area contributed by atoms with Gasteiger partial charge in [0.25, 0.3) is 5.91 Å².